The van der Waals surface area contributed by atoms with Crippen LogP contribution in [0.3, 0.4) is 0 Å². The van der Waals surface area contributed by atoms with Crippen molar-refractivity contribution in [2.45, 2.75) is 6.04 Å². The second-order valence-electron chi connectivity index (χ2n) is 6.05. The van der Waals surface area contributed by atoms with Gasteiger partial charge in [-0.25, -0.2) is 4.79 Å². The van der Waals surface area contributed by atoms with Crippen molar-refractivity contribution >= 4 is 23.5 Å². The maximum atomic E-state index is 12.6. The van der Waals surface area contributed by atoms with E-state index in [0.717, 1.165) is 5.56 Å². The number of aromatic nitrogens is 1. The van der Waals surface area contributed by atoms with Gasteiger partial charge in [-0.1, -0.05) is 17.7 Å². The van der Waals surface area contributed by atoms with E-state index in [9.17, 15) is 9.59 Å². The first kappa shape index (κ1) is 18.4. The molecule has 0 radical (unpaired) electrons. The molecule has 1 aromatic heterocycles. The van der Waals surface area contributed by atoms with Crippen LogP contribution >= 0.6 is 11.6 Å². The van der Waals surface area contributed by atoms with Crippen LogP contribution in [0, 0.1) is 0 Å². The summed E-state index contributed by atoms with van der Waals surface area (Å²) in [6, 6.07) is 10.0. The van der Waals surface area contributed by atoms with Crippen LogP contribution in [-0.4, -0.2) is 59.9 Å². The van der Waals surface area contributed by atoms with Crippen molar-refractivity contribution in [2.24, 2.45) is 0 Å². The van der Waals surface area contributed by atoms with E-state index < -0.39 is 6.04 Å². The lowest BCUT2D eigenvalue weighted by atomic mass is 10.1. The average molecular weight is 374 g/mol. The number of hydrogen-bond acceptors (Lipinski definition) is 5. The van der Waals surface area contributed by atoms with Gasteiger partial charge in [0.25, 0.3) is 5.91 Å². The molecule has 6 nitrogen and oxygen atoms in total. The summed E-state index contributed by atoms with van der Waals surface area (Å²) < 4.78 is 4.97. The van der Waals surface area contributed by atoms with Crippen LogP contribution in [0.5, 0.6) is 0 Å². The molecule has 136 valence electrons. The third kappa shape index (κ3) is 4.03. The number of methoxy groups -OCH3 is 1. The van der Waals surface area contributed by atoms with E-state index in [2.05, 4.69) is 4.98 Å². The maximum Gasteiger partial charge on any atom is 0.327 e. The van der Waals surface area contributed by atoms with Crippen LogP contribution in [0.15, 0.2) is 48.8 Å². The Kier molecular flexibility index (Phi) is 5.85. The standard InChI is InChI=1S/C19H20ClN3O3/c1-26-19(25)17(15-3-2-8-21-13-15)22-9-11-23(12-10-22)18(24)14-4-6-16(20)7-5-14/h2-8,13,17H,9-12H2,1H3/t17-/m0/s1. The number of esters is 1. The summed E-state index contributed by atoms with van der Waals surface area (Å²) in [5.41, 5.74) is 1.40. The predicted octanol–water partition coefficient (Wildman–Crippen LogP) is 2.41. The second kappa shape index (κ2) is 8.29. The van der Waals surface area contributed by atoms with Gasteiger partial charge in [-0.2, -0.15) is 0 Å². The largest absolute Gasteiger partial charge is 0.468 e. The van der Waals surface area contributed by atoms with E-state index in [1.54, 1.807) is 47.6 Å². The monoisotopic (exact) mass is 373 g/mol. The number of pyridine rings is 1. The van der Waals surface area contributed by atoms with Gasteiger partial charge in [-0.3, -0.25) is 14.7 Å². The van der Waals surface area contributed by atoms with Crippen molar-refractivity contribution in [3.05, 3.63) is 64.9 Å². The molecule has 1 aromatic carbocycles. The molecule has 2 heterocycles. The molecule has 0 aliphatic carbocycles. The van der Waals surface area contributed by atoms with E-state index in [1.807, 2.05) is 11.0 Å². The number of halogens is 1. The summed E-state index contributed by atoms with van der Waals surface area (Å²) in [6.45, 7) is 2.23. The van der Waals surface area contributed by atoms with Gasteiger partial charge in [-0.15, -0.1) is 0 Å². The zero-order valence-electron chi connectivity index (χ0n) is 14.5. The molecule has 1 saturated heterocycles. The molecule has 0 saturated carbocycles. The van der Waals surface area contributed by atoms with Crippen molar-refractivity contribution < 1.29 is 14.3 Å². The van der Waals surface area contributed by atoms with E-state index in [1.165, 1.54) is 7.11 Å². The SMILES string of the molecule is COC(=O)[C@H](c1cccnc1)N1CCN(C(=O)c2ccc(Cl)cc2)CC1. The molecule has 0 N–H and O–H groups in total. The Bertz CT molecular complexity index is 759. The Labute approximate surface area is 157 Å². The summed E-state index contributed by atoms with van der Waals surface area (Å²) in [7, 11) is 1.38. The van der Waals surface area contributed by atoms with Crippen molar-refractivity contribution in [3.8, 4) is 0 Å². The fourth-order valence-corrected chi connectivity index (χ4v) is 3.23. The second-order valence-corrected chi connectivity index (χ2v) is 6.48. The minimum atomic E-state index is -0.513. The number of rotatable bonds is 4. The van der Waals surface area contributed by atoms with Crippen LogP contribution in [0.25, 0.3) is 0 Å². The van der Waals surface area contributed by atoms with Crippen LogP contribution in [0.4, 0.5) is 0 Å². The first-order chi connectivity index (χ1) is 12.6. The Hall–Kier alpha value is -2.44. The van der Waals surface area contributed by atoms with Crippen LogP contribution in [0.2, 0.25) is 5.02 Å². The summed E-state index contributed by atoms with van der Waals surface area (Å²) in [4.78, 5) is 32.8. The van der Waals surface area contributed by atoms with Gasteiger partial charge in [0.1, 0.15) is 6.04 Å². The zero-order valence-corrected chi connectivity index (χ0v) is 15.2. The molecule has 3 rings (SSSR count). The lowest BCUT2D eigenvalue weighted by Gasteiger charge is -2.38. The quantitative estimate of drug-likeness (QED) is 0.770. The molecular weight excluding hydrogens is 354 g/mol. The van der Waals surface area contributed by atoms with Gasteiger partial charge in [0.2, 0.25) is 0 Å². The van der Waals surface area contributed by atoms with E-state index in [0.29, 0.717) is 36.8 Å². The van der Waals surface area contributed by atoms with Gasteiger partial charge >= 0.3 is 5.97 Å². The topological polar surface area (TPSA) is 62.7 Å². The molecule has 1 aliphatic rings. The fourth-order valence-electron chi connectivity index (χ4n) is 3.10. The van der Waals surface area contributed by atoms with Crippen LogP contribution in [0.1, 0.15) is 22.0 Å². The van der Waals surface area contributed by atoms with Crippen LogP contribution in [-0.2, 0) is 9.53 Å². The predicted molar refractivity (Wildman–Crippen MR) is 97.9 cm³/mol. The number of amides is 1. The number of hydrogen-bond donors (Lipinski definition) is 0. The van der Waals surface area contributed by atoms with Gasteiger partial charge in [0.15, 0.2) is 0 Å². The summed E-state index contributed by atoms with van der Waals surface area (Å²) in [5.74, 6) is -0.354. The minimum Gasteiger partial charge on any atom is -0.468 e. The molecule has 1 fully saturated rings. The number of piperazine rings is 1. The molecule has 0 spiro atoms. The molecule has 0 bridgehead atoms. The zero-order chi connectivity index (χ0) is 18.5. The Balaban J connectivity index is 1.69. The van der Waals surface area contributed by atoms with E-state index in [4.69, 9.17) is 16.3 Å². The normalized spacial score (nSPS) is 16.2. The minimum absolute atomic E-state index is 0.0303. The highest BCUT2D eigenvalue weighted by atomic mass is 35.5. The van der Waals surface area contributed by atoms with Gasteiger partial charge < -0.3 is 9.64 Å². The lowest BCUT2D eigenvalue weighted by molar-refractivity contribution is -0.148. The Morgan fingerprint density at radius 2 is 1.81 bits per heavy atom. The Morgan fingerprint density at radius 3 is 2.38 bits per heavy atom. The molecular formula is C19H20ClN3O3. The molecule has 26 heavy (non-hydrogen) atoms. The van der Waals surface area contributed by atoms with Gasteiger partial charge in [-0.05, 0) is 35.9 Å². The van der Waals surface area contributed by atoms with Crippen molar-refractivity contribution in [2.75, 3.05) is 33.3 Å². The molecule has 1 amide bonds. The number of carbonyl (C=O) groups is 2. The third-order valence-electron chi connectivity index (χ3n) is 4.48. The van der Waals surface area contributed by atoms with Gasteiger partial charge in [0.05, 0.1) is 7.11 Å². The van der Waals surface area contributed by atoms with Crippen LogP contribution < -0.4 is 0 Å². The third-order valence-corrected chi connectivity index (χ3v) is 4.73. The van der Waals surface area contributed by atoms with Crippen molar-refractivity contribution in [3.63, 3.8) is 0 Å². The smallest absolute Gasteiger partial charge is 0.327 e. The fraction of sp³-hybridized carbons (Fsp3) is 0.316. The highest BCUT2D eigenvalue weighted by Gasteiger charge is 2.32. The highest BCUT2D eigenvalue weighted by molar-refractivity contribution is 6.30. The molecule has 0 unspecified atom stereocenters. The summed E-state index contributed by atoms with van der Waals surface area (Å²) in [6.07, 6.45) is 3.34. The number of ether oxygens (including phenoxy) is 1. The molecule has 1 atom stereocenters. The number of nitrogens with zero attached hydrogens (tertiary/aromatic N) is 3. The van der Waals surface area contributed by atoms with E-state index in [-0.39, 0.29) is 11.9 Å². The maximum absolute atomic E-state index is 12.6. The lowest BCUT2D eigenvalue weighted by Crippen LogP contribution is -2.51. The van der Waals surface area contributed by atoms with Crippen molar-refractivity contribution in [1.29, 1.82) is 0 Å². The molecule has 1 aliphatic heterocycles. The highest BCUT2D eigenvalue weighted by Crippen LogP contribution is 2.23. The molecule has 7 heteroatoms. The molecule has 2 aromatic rings. The first-order valence-electron chi connectivity index (χ1n) is 8.37. The number of carbonyl (C=O) groups excluding carboxylic acids is 2. The van der Waals surface area contributed by atoms with Gasteiger partial charge in [0, 0.05) is 49.2 Å². The van der Waals surface area contributed by atoms with E-state index >= 15 is 0 Å². The number of benzene rings is 1. The summed E-state index contributed by atoms with van der Waals surface area (Å²) in [5, 5.41) is 0.601. The Morgan fingerprint density at radius 1 is 1.12 bits per heavy atom. The first-order valence-corrected chi connectivity index (χ1v) is 8.74. The van der Waals surface area contributed by atoms with Crippen molar-refractivity contribution in [1.82, 2.24) is 14.8 Å². The average Bonchev–Trinajstić information content (AvgIpc) is 2.69. The summed E-state index contributed by atoms with van der Waals surface area (Å²) >= 11 is 5.88.